The molecule has 28 heavy (non-hydrogen) atoms. The average molecular weight is 383 g/mol. The molecule has 0 bridgehead atoms. The minimum atomic E-state index is -0.153. The monoisotopic (exact) mass is 383 g/mol. The van der Waals surface area contributed by atoms with Gasteiger partial charge in [-0.3, -0.25) is 9.48 Å². The average Bonchev–Trinajstić information content (AvgIpc) is 3.18. The summed E-state index contributed by atoms with van der Waals surface area (Å²) in [6.07, 6.45) is 4.83. The molecule has 1 N–H and O–H groups in total. The molecule has 148 valence electrons. The van der Waals surface area contributed by atoms with Gasteiger partial charge < -0.3 is 19.9 Å². The van der Waals surface area contributed by atoms with Crippen molar-refractivity contribution < 1.29 is 14.3 Å². The predicted octanol–water partition coefficient (Wildman–Crippen LogP) is 2.22. The minimum Gasteiger partial charge on any atom is -0.497 e. The fourth-order valence-corrected chi connectivity index (χ4v) is 3.76. The minimum absolute atomic E-state index is 0.0263. The first-order valence-corrected chi connectivity index (χ1v) is 9.69. The molecule has 1 fully saturated rings. The van der Waals surface area contributed by atoms with Crippen molar-refractivity contribution in [3.8, 4) is 5.75 Å². The number of nitrogens with one attached hydrogen (secondary N) is 1. The van der Waals surface area contributed by atoms with Gasteiger partial charge in [-0.25, -0.2) is 4.79 Å². The lowest BCUT2D eigenvalue weighted by atomic mass is 10.1. The van der Waals surface area contributed by atoms with Crippen molar-refractivity contribution in [2.75, 3.05) is 38.6 Å². The molecule has 0 radical (unpaired) electrons. The maximum Gasteiger partial charge on any atom is 0.321 e. The number of benzene rings is 1. The molecule has 2 aliphatic heterocycles. The number of fused-ring (bicyclic) bond motifs is 1. The van der Waals surface area contributed by atoms with Crippen LogP contribution in [0.5, 0.6) is 5.75 Å². The summed E-state index contributed by atoms with van der Waals surface area (Å²) in [5.41, 5.74) is 2.49. The number of carbonyl (C=O) groups is 2. The first kappa shape index (κ1) is 18.3. The number of carbonyl (C=O) groups excluding carboxylic acids is 2. The van der Waals surface area contributed by atoms with E-state index in [1.54, 1.807) is 42.5 Å². The zero-order valence-electron chi connectivity index (χ0n) is 16.1. The van der Waals surface area contributed by atoms with Crippen molar-refractivity contribution in [3.05, 3.63) is 41.7 Å². The molecule has 0 unspecified atom stereocenters. The van der Waals surface area contributed by atoms with E-state index in [4.69, 9.17) is 4.74 Å². The van der Waals surface area contributed by atoms with Crippen LogP contribution in [0.2, 0.25) is 0 Å². The molecular weight excluding hydrogens is 358 g/mol. The number of aromatic nitrogens is 2. The van der Waals surface area contributed by atoms with Crippen LogP contribution in [0.1, 0.15) is 28.9 Å². The van der Waals surface area contributed by atoms with E-state index in [2.05, 4.69) is 10.4 Å². The lowest BCUT2D eigenvalue weighted by molar-refractivity contribution is 0.0670. The van der Waals surface area contributed by atoms with Gasteiger partial charge in [0.1, 0.15) is 5.75 Å². The van der Waals surface area contributed by atoms with Gasteiger partial charge in [-0.2, -0.15) is 5.10 Å². The molecule has 3 amide bonds. The van der Waals surface area contributed by atoms with Crippen LogP contribution in [-0.4, -0.2) is 64.8 Å². The highest BCUT2D eigenvalue weighted by Crippen LogP contribution is 2.20. The predicted molar refractivity (Wildman–Crippen MR) is 105 cm³/mol. The van der Waals surface area contributed by atoms with Gasteiger partial charge in [0.25, 0.3) is 5.91 Å². The summed E-state index contributed by atoms with van der Waals surface area (Å²) in [7, 11) is 1.61. The molecule has 2 aromatic rings. The van der Waals surface area contributed by atoms with Crippen molar-refractivity contribution in [1.82, 2.24) is 19.6 Å². The normalized spacial score (nSPS) is 16.5. The van der Waals surface area contributed by atoms with Crippen LogP contribution in [-0.2, 0) is 13.0 Å². The molecule has 1 aromatic heterocycles. The van der Waals surface area contributed by atoms with Crippen LogP contribution < -0.4 is 10.1 Å². The van der Waals surface area contributed by atoms with Crippen molar-refractivity contribution in [1.29, 1.82) is 0 Å². The standard InChI is InChI=1S/C20H25N5O3/c1-28-16-7-5-15(6-8-16)22-20(27)24-12-10-23(11-13-24)19(26)17-14-21-25-9-3-2-4-18(17)25/h5-8,14H,2-4,9-13H2,1H3,(H,22,27). The molecule has 0 aliphatic carbocycles. The third kappa shape index (κ3) is 3.67. The van der Waals surface area contributed by atoms with E-state index in [0.717, 1.165) is 48.5 Å². The molecule has 0 spiro atoms. The Morgan fingerprint density at radius 2 is 1.71 bits per heavy atom. The highest BCUT2D eigenvalue weighted by molar-refractivity contribution is 5.95. The Bertz CT molecular complexity index is 853. The number of rotatable bonds is 3. The highest BCUT2D eigenvalue weighted by atomic mass is 16.5. The van der Waals surface area contributed by atoms with E-state index in [9.17, 15) is 9.59 Å². The molecule has 1 saturated heterocycles. The molecular formula is C20H25N5O3. The SMILES string of the molecule is COc1ccc(NC(=O)N2CCN(C(=O)c3cnn4c3CCCC4)CC2)cc1. The molecule has 0 saturated carbocycles. The number of anilines is 1. The molecule has 1 aromatic carbocycles. The number of nitrogens with zero attached hydrogens (tertiary/aromatic N) is 4. The Balaban J connectivity index is 1.33. The molecule has 2 aliphatic rings. The highest BCUT2D eigenvalue weighted by Gasteiger charge is 2.28. The zero-order chi connectivity index (χ0) is 19.5. The van der Waals surface area contributed by atoms with Gasteiger partial charge in [0, 0.05) is 38.4 Å². The lowest BCUT2D eigenvalue weighted by Crippen LogP contribution is -2.51. The van der Waals surface area contributed by atoms with Crippen LogP contribution in [0.3, 0.4) is 0 Å². The van der Waals surface area contributed by atoms with Gasteiger partial charge in [-0.15, -0.1) is 0 Å². The maximum atomic E-state index is 12.9. The number of hydrogen-bond donors (Lipinski definition) is 1. The van der Waals surface area contributed by atoms with E-state index in [1.807, 2.05) is 9.58 Å². The largest absolute Gasteiger partial charge is 0.497 e. The first-order valence-electron chi connectivity index (χ1n) is 9.69. The smallest absolute Gasteiger partial charge is 0.321 e. The second kappa shape index (κ2) is 7.92. The third-order valence-electron chi connectivity index (χ3n) is 5.41. The number of aryl methyl sites for hydroxylation is 1. The quantitative estimate of drug-likeness (QED) is 0.881. The summed E-state index contributed by atoms with van der Waals surface area (Å²) in [6, 6.07) is 7.07. The molecule has 0 atom stereocenters. The Labute approximate surface area is 164 Å². The Kier molecular flexibility index (Phi) is 5.18. The Morgan fingerprint density at radius 3 is 2.43 bits per heavy atom. The number of hydrogen-bond acceptors (Lipinski definition) is 4. The maximum absolute atomic E-state index is 12.9. The second-order valence-corrected chi connectivity index (χ2v) is 7.12. The summed E-state index contributed by atoms with van der Waals surface area (Å²) in [4.78, 5) is 28.9. The van der Waals surface area contributed by atoms with E-state index >= 15 is 0 Å². The lowest BCUT2D eigenvalue weighted by Gasteiger charge is -2.34. The van der Waals surface area contributed by atoms with E-state index < -0.39 is 0 Å². The van der Waals surface area contributed by atoms with E-state index in [1.165, 1.54) is 0 Å². The summed E-state index contributed by atoms with van der Waals surface area (Å²) in [5.74, 6) is 0.769. The number of amides is 3. The van der Waals surface area contributed by atoms with Gasteiger partial charge in [-0.05, 0) is 43.5 Å². The van der Waals surface area contributed by atoms with E-state index in [-0.39, 0.29) is 11.9 Å². The zero-order valence-corrected chi connectivity index (χ0v) is 16.1. The van der Waals surface area contributed by atoms with Crippen molar-refractivity contribution in [2.24, 2.45) is 0 Å². The third-order valence-corrected chi connectivity index (χ3v) is 5.41. The van der Waals surface area contributed by atoms with Gasteiger partial charge in [0.2, 0.25) is 0 Å². The van der Waals surface area contributed by atoms with Gasteiger partial charge in [-0.1, -0.05) is 0 Å². The second-order valence-electron chi connectivity index (χ2n) is 7.12. The molecule has 3 heterocycles. The number of methoxy groups -OCH3 is 1. The van der Waals surface area contributed by atoms with Crippen LogP contribution in [0, 0.1) is 0 Å². The fraction of sp³-hybridized carbons (Fsp3) is 0.450. The topological polar surface area (TPSA) is 79.7 Å². The van der Waals surface area contributed by atoms with Gasteiger partial charge in [0.15, 0.2) is 0 Å². The summed E-state index contributed by atoms with van der Waals surface area (Å²) in [5, 5.41) is 7.25. The molecule has 4 rings (SSSR count). The molecule has 8 nitrogen and oxygen atoms in total. The number of ether oxygens (including phenoxy) is 1. The van der Waals surface area contributed by atoms with Gasteiger partial charge >= 0.3 is 6.03 Å². The number of piperazine rings is 1. The van der Waals surface area contributed by atoms with Crippen molar-refractivity contribution in [2.45, 2.75) is 25.8 Å². The van der Waals surface area contributed by atoms with Crippen LogP contribution in [0.15, 0.2) is 30.5 Å². The van der Waals surface area contributed by atoms with Crippen LogP contribution >= 0.6 is 0 Å². The summed E-state index contributed by atoms with van der Waals surface area (Å²) in [6.45, 7) is 2.97. The molecule has 8 heteroatoms. The summed E-state index contributed by atoms with van der Waals surface area (Å²) >= 11 is 0. The summed E-state index contributed by atoms with van der Waals surface area (Å²) < 4.78 is 7.08. The fourth-order valence-electron chi connectivity index (χ4n) is 3.76. The van der Waals surface area contributed by atoms with Crippen LogP contribution in [0.4, 0.5) is 10.5 Å². The Morgan fingerprint density at radius 1 is 1.00 bits per heavy atom. The van der Waals surface area contributed by atoms with Crippen molar-refractivity contribution in [3.63, 3.8) is 0 Å². The van der Waals surface area contributed by atoms with E-state index in [0.29, 0.717) is 26.2 Å². The Hall–Kier alpha value is -3.03. The van der Waals surface area contributed by atoms with Gasteiger partial charge in [0.05, 0.1) is 24.6 Å². The van der Waals surface area contributed by atoms with Crippen LogP contribution in [0.25, 0.3) is 0 Å². The van der Waals surface area contributed by atoms with Crippen molar-refractivity contribution >= 4 is 17.6 Å². The number of urea groups is 1. The first-order chi connectivity index (χ1) is 13.7.